The molecule has 2 rings (SSSR count). The van der Waals surface area contributed by atoms with Crippen molar-refractivity contribution < 1.29 is 9.53 Å². The average Bonchev–Trinajstić information content (AvgIpc) is 2.85. The van der Waals surface area contributed by atoms with Gasteiger partial charge in [0.2, 0.25) is 5.91 Å². The van der Waals surface area contributed by atoms with Crippen LogP contribution in [0, 0.1) is 5.92 Å². The average molecular weight is 311 g/mol. The summed E-state index contributed by atoms with van der Waals surface area (Å²) in [5, 5.41) is 3.48. The second-order valence-corrected chi connectivity index (χ2v) is 6.13. The summed E-state index contributed by atoms with van der Waals surface area (Å²) in [6, 6.07) is 7.50. The summed E-state index contributed by atoms with van der Waals surface area (Å²) in [6.07, 6.45) is 3.60. The lowest BCUT2D eigenvalue weighted by Gasteiger charge is -2.18. The molecule has 5 heteroatoms. The van der Waals surface area contributed by atoms with Crippen LogP contribution < -0.4 is 15.8 Å². The van der Waals surface area contributed by atoms with Crippen LogP contribution in [0.4, 0.5) is 0 Å². The first-order valence-corrected chi connectivity index (χ1v) is 7.87. The molecule has 3 atom stereocenters. The second kappa shape index (κ2) is 7.66. The first-order valence-electron chi connectivity index (χ1n) is 7.49. The molecule has 116 valence electrons. The molecule has 1 aliphatic carbocycles. The topological polar surface area (TPSA) is 64.4 Å². The van der Waals surface area contributed by atoms with E-state index in [2.05, 4.69) is 5.32 Å². The zero-order chi connectivity index (χ0) is 15.2. The first-order chi connectivity index (χ1) is 10.1. The van der Waals surface area contributed by atoms with Crippen molar-refractivity contribution in [3.63, 3.8) is 0 Å². The molecule has 0 saturated heterocycles. The predicted molar refractivity (Wildman–Crippen MR) is 84.5 cm³/mol. The Labute approximate surface area is 131 Å². The number of benzene rings is 1. The summed E-state index contributed by atoms with van der Waals surface area (Å²) in [4.78, 5) is 11.9. The van der Waals surface area contributed by atoms with Crippen LogP contribution in [-0.2, 0) is 4.79 Å². The number of rotatable bonds is 6. The maximum Gasteiger partial charge on any atom is 0.220 e. The van der Waals surface area contributed by atoms with Crippen molar-refractivity contribution in [1.82, 2.24) is 5.32 Å². The van der Waals surface area contributed by atoms with E-state index in [4.69, 9.17) is 22.1 Å². The molecule has 1 fully saturated rings. The van der Waals surface area contributed by atoms with Gasteiger partial charge in [-0.2, -0.15) is 0 Å². The molecule has 0 aromatic heterocycles. The lowest BCUT2D eigenvalue weighted by Crippen LogP contribution is -2.36. The Kier molecular flexibility index (Phi) is 5.88. The molecule has 1 unspecified atom stereocenters. The Bertz CT molecular complexity index is 481. The number of carbonyl (C=O) groups excluding carboxylic acids is 1. The second-order valence-electron chi connectivity index (χ2n) is 5.72. The summed E-state index contributed by atoms with van der Waals surface area (Å²) in [6.45, 7) is 2.37. The molecular weight excluding hydrogens is 288 g/mol. The fourth-order valence-corrected chi connectivity index (χ4v) is 2.87. The van der Waals surface area contributed by atoms with Gasteiger partial charge in [-0.3, -0.25) is 4.79 Å². The largest absolute Gasteiger partial charge is 0.487 e. The minimum Gasteiger partial charge on any atom is -0.487 e. The van der Waals surface area contributed by atoms with E-state index in [1.807, 2.05) is 25.1 Å². The van der Waals surface area contributed by atoms with Gasteiger partial charge < -0.3 is 15.8 Å². The van der Waals surface area contributed by atoms with Gasteiger partial charge in [0.05, 0.1) is 11.6 Å². The molecule has 1 saturated carbocycles. The Balaban J connectivity index is 1.72. The normalized spacial score (nSPS) is 22.8. The third-order valence-corrected chi connectivity index (χ3v) is 4.23. The molecule has 1 aromatic carbocycles. The van der Waals surface area contributed by atoms with E-state index in [0.29, 0.717) is 29.7 Å². The van der Waals surface area contributed by atoms with Crippen molar-refractivity contribution in [3.8, 4) is 5.75 Å². The third kappa shape index (κ3) is 4.90. The standard InChI is InChI=1S/C16H23ClN2O2/c1-11(21-15-8-3-2-6-13(15)17)10-19-16(20)9-12-5-4-7-14(12)18/h2-3,6,8,11-12,14H,4-5,7,9-10,18H2,1H3,(H,19,20)/t11?,12-,14+/m0/s1. The van der Waals surface area contributed by atoms with Crippen LogP contribution in [0.1, 0.15) is 32.6 Å². The van der Waals surface area contributed by atoms with Crippen LogP contribution in [0.2, 0.25) is 5.02 Å². The summed E-state index contributed by atoms with van der Waals surface area (Å²) in [5.74, 6) is 1.01. The van der Waals surface area contributed by atoms with Gasteiger partial charge in [-0.25, -0.2) is 0 Å². The maximum absolute atomic E-state index is 11.9. The number of carbonyl (C=O) groups is 1. The van der Waals surface area contributed by atoms with Gasteiger partial charge in [0.15, 0.2) is 0 Å². The van der Waals surface area contributed by atoms with Crippen LogP contribution in [0.25, 0.3) is 0 Å². The fourth-order valence-electron chi connectivity index (χ4n) is 2.69. The van der Waals surface area contributed by atoms with Crippen molar-refractivity contribution in [2.75, 3.05) is 6.54 Å². The van der Waals surface area contributed by atoms with Crippen LogP contribution in [0.5, 0.6) is 5.75 Å². The van der Waals surface area contributed by atoms with Gasteiger partial charge in [0.1, 0.15) is 11.9 Å². The van der Waals surface area contributed by atoms with E-state index >= 15 is 0 Å². The van der Waals surface area contributed by atoms with E-state index in [9.17, 15) is 4.79 Å². The van der Waals surface area contributed by atoms with Gasteiger partial charge in [-0.05, 0) is 37.8 Å². The third-order valence-electron chi connectivity index (χ3n) is 3.92. The molecule has 3 N–H and O–H groups in total. The van der Waals surface area contributed by atoms with Gasteiger partial charge in [-0.1, -0.05) is 30.2 Å². The molecule has 21 heavy (non-hydrogen) atoms. The van der Waals surface area contributed by atoms with E-state index in [1.54, 1.807) is 6.07 Å². The lowest BCUT2D eigenvalue weighted by molar-refractivity contribution is -0.122. The van der Waals surface area contributed by atoms with Crippen LogP contribution in [-0.4, -0.2) is 24.6 Å². The summed E-state index contributed by atoms with van der Waals surface area (Å²) in [5.41, 5.74) is 5.98. The van der Waals surface area contributed by atoms with E-state index < -0.39 is 0 Å². The van der Waals surface area contributed by atoms with Gasteiger partial charge >= 0.3 is 0 Å². The molecule has 0 spiro atoms. The molecule has 1 aliphatic rings. The SMILES string of the molecule is CC(CNC(=O)C[C@@H]1CCC[C@H]1N)Oc1ccccc1Cl. The quantitative estimate of drug-likeness (QED) is 0.849. The van der Waals surface area contributed by atoms with Crippen LogP contribution >= 0.6 is 11.6 Å². The number of amides is 1. The highest BCUT2D eigenvalue weighted by Gasteiger charge is 2.26. The molecule has 0 radical (unpaired) electrons. The smallest absolute Gasteiger partial charge is 0.220 e. The lowest BCUT2D eigenvalue weighted by atomic mass is 10.00. The summed E-state index contributed by atoms with van der Waals surface area (Å²) < 4.78 is 5.72. The number of hydrogen-bond acceptors (Lipinski definition) is 3. The molecule has 1 aromatic rings. The summed E-state index contributed by atoms with van der Waals surface area (Å²) in [7, 11) is 0. The van der Waals surface area contributed by atoms with Gasteiger partial charge in [-0.15, -0.1) is 0 Å². The highest BCUT2D eigenvalue weighted by molar-refractivity contribution is 6.32. The van der Waals surface area contributed by atoms with Gasteiger partial charge in [0.25, 0.3) is 0 Å². The minimum atomic E-state index is -0.133. The van der Waals surface area contributed by atoms with Crippen molar-refractivity contribution in [2.45, 2.75) is 44.8 Å². The highest BCUT2D eigenvalue weighted by atomic mass is 35.5. The Hall–Kier alpha value is -1.26. The van der Waals surface area contributed by atoms with Crippen LogP contribution in [0.15, 0.2) is 24.3 Å². The van der Waals surface area contributed by atoms with E-state index in [0.717, 1.165) is 19.3 Å². The van der Waals surface area contributed by atoms with Gasteiger partial charge in [0, 0.05) is 12.5 Å². The predicted octanol–water partition coefficient (Wildman–Crippen LogP) is 2.74. The number of halogens is 1. The highest BCUT2D eigenvalue weighted by Crippen LogP contribution is 2.26. The summed E-state index contributed by atoms with van der Waals surface area (Å²) >= 11 is 6.03. The zero-order valence-corrected chi connectivity index (χ0v) is 13.1. The number of nitrogens with two attached hydrogens (primary N) is 1. The number of ether oxygens (including phenoxy) is 1. The molecule has 0 aliphatic heterocycles. The zero-order valence-electron chi connectivity index (χ0n) is 12.3. The van der Waals surface area contributed by atoms with Crippen molar-refractivity contribution in [3.05, 3.63) is 29.3 Å². The van der Waals surface area contributed by atoms with Crippen molar-refractivity contribution >= 4 is 17.5 Å². The molecule has 0 bridgehead atoms. The molecular formula is C16H23ClN2O2. The van der Waals surface area contributed by atoms with Crippen molar-refractivity contribution in [1.29, 1.82) is 0 Å². The fraction of sp³-hybridized carbons (Fsp3) is 0.562. The van der Waals surface area contributed by atoms with Crippen LogP contribution in [0.3, 0.4) is 0 Å². The monoisotopic (exact) mass is 310 g/mol. The first kappa shape index (κ1) is 16.1. The van der Waals surface area contributed by atoms with Crippen molar-refractivity contribution in [2.24, 2.45) is 11.7 Å². The van der Waals surface area contributed by atoms with E-state index in [1.165, 1.54) is 0 Å². The van der Waals surface area contributed by atoms with E-state index in [-0.39, 0.29) is 18.1 Å². The molecule has 4 nitrogen and oxygen atoms in total. The Morgan fingerprint density at radius 1 is 1.48 bits per heavy atom. The molecule has 1 amide bonds. The maximum atomic E-state index is 11.9. The number of para-hydroxylation sites is 1. The Morgan fingerprint density at radius 2 is 2.24 bits per heavy atom. The molecule has 0 heterocycles. The minimum absolute atomic E-state index is 0.0481. The Morgan fingerprint density at radius 3 is 2.90 bits per heavy atom. The number of hydrogen-bond donors (Lipinski definition) is 2. The number of nitrogens with one attached hydrogen (secondary N) is 1.